The highest BCUT2D eigenvalue weighted by Gasteiger charge is 2.28. The normalized spacial score (nSPS) is 25.3. The summed E-state index contributed by atoms with van der Waals surface area (Å²) >= 11 is 0. The lowest BCUT2D eigenvalue weighted by Crippen LogP contribution is -2.54. The highest BCUT2D eigenvalue weighted by atomic mass is 35.5. The van der Waals surface area contributed by atoms with Gasteiger partial charge in [0.25, 0.3) is 0 Å². The van der Waals surface area contributed by atoms with Gasteiger partial charge >= 0.3 is 0 Å². The van der Waals surface area contributed by atoms with Crippen molar-refractivity contribution in [1.82, 2.24) is 19.9 Å². The van der Waals surface area contributed by atoms with E-state index in [2.05, 4.69) is 25.3 Å². The molecule has 2 aliphatic rings. The fraction of sp³-hybridized carbons (Fsp3) is 0.526. The molecule has 0 bridgehead atoms. The molecular weight excluding hydrogens is 448 g/mol. The summed E-state index contributed by atoms with van der Waals surface area (Å²) in [4.78, 5) is 33.3. The summed E-state index contributed by atoms with van der Waals surface area (Å²) in [7, 11) is 0. The lowest BCUT2D eigenvalue weighted by molar-refractivity contribution is 0.1000. The van der Waals surface area contributed by atoms with Gasteiger partial charge in [-0.2, -0.15) is 15.0 Å². The van der Waals surface area contributed by atoms with Gasteiger partial charge in [0.1, 0.15) is 5.82 Å². The molecule has 14 heteroatoms. The highest BCUT2D eigenvalue weighted by Crippen LogP contribution is 2.23. The molecule has 0 radical (unpaired) electrons. The predicted octanol–water partition coefficient (Wildman–Crippen LogP) is -1.74. The number of anilines is 4. The zero-order valence-corrected chi connectivity index (χ0v) is 19.0. The van der Waals surface area contributed by atoms with E-state index in [0.29, 0.717) is 55.4 Å². The van der Waals surface area contributed by atoms with Crippen LogP contribution in [0.1, 0.15) is 23.2 Å². The molecule has 2 saturated heterocycles. The van der Waals surface area contributed by atoms with E-state index in [1.54, 1.807) is 12.1 Å². The monoisotopic (exact) mass is 478 g/mol. The van der Waals surface area contributed by atoms with Crippen molar-refractivity contribution in [3.63, 3.8) is 0 Å². The Morgan fingerprint density at radius 3 is 1.73 bits per heavy atom. The number of primary amides is 1. The maximum Gasteiger partial charge on any atom is 0.250 e. The van der Waals surface area contributed by atoms with Crippen LogP contribution in [0.4, 0.5) is 23.7 Å². The standard InChI is InChI=1S/C19H30N12O.ClH/c20-11-3-12(21)7-30(6-11)18-27-17(26-15-2-1-10(5-25-15)16(24)32)28-19(29-18)31-8-13(22)4-14(23)9-31;/h1-2,5,11-14H,3-4,6-9,20-23H2,(H2,24,32)(H,25,26,27,28,29);1H/t11-,12+,13-,14+;. The third kappa shape index (κ3) is 6.15. The van der Waals surface area contributed by atoms with Crippen LogP contribution < -0.4 is 43.8 Å². The Morgan fingerprint density at radius 2 is 1.33 bits per heavy atom. The Morgan fingerprint density at radius 1 is 0.848 bits per heavy atom. The van der Waals surface area contributed by atoms with Crippen molar-refractivity contribution in [2.45, 2.75) is 37.0 Å². The van der Waals surface area contributed by atoms with E-state index < -0.39 is 5.91 Å². The third-order valence-electron chi connectivity index (χ3n) is 5.50. The van der Waals surface area contributed by atoms with E-state index in [-0.39, 0.29) is 36.6 Å². The lowest BCUT2D eigenvalue weighted by atomic mass is 10.0. The summed E-state index contributed by atoms with van der Waals surface area (Å²) < 4.78 is 0. The number of nitrogens with two attached hydrogens (primary N) is 5. The maximum atomic E-state index is 11.3. The number of carbonyl (C=O) groups excluding carboxylic acids is 1. The van der Waals surface area contributed by atoms with Gasteiger partial charge in [-0.05, 0) is 25.0 Å². The van der Waals surface area contributed by atoms with Crippen molar-refractivity contribution < 1.29 is 4.79 Å². The van der Waals surface area contributed by atoms with E-state index in [9.17, 15) is 4.79 Å². The number of halogens is 1. The van der Waals surface area contributed by atoms with Gasteiger partial charge in [0, 0.05) is 56.5 Å². The molecule has 4 rings (SSSR count). The van der Waals surface area contributed by atoms with Gasteiger partial charge in [0.15, 0.2) is 0 Å². The molecule has 4 atom stereocenters. The molecule has 4 heterocycles. The second-order valence-corrected chi connectivity index (χ2v) is 8.50. The van der Waals surface area contributed by atoms with Crippen LogP contribution in [0.3, 0.4) is 0 Å². The van der Waals surface area contributed by atoms with E-state index in [1.807, 2.05) is 9.80 Å². The molecule has 2 fully saturated rings. The SMILES string of the molecule is Cl.NC(=O)c1ccc(Nc2nc(N3C[C@H](N)C[C@H](N)C3)nc(N3C[C@H](N)C[C@H](N)C3)n2)nc1. The molecule has 11 N–H and O–H groups in total. The summed E-state index contributed by atoms with van der Waals surface area (Å²) in [5, 5.41) is 3.07. The quantitative estimate of drug-likeness (QED) is 0.282. The summed E-state index contributed by atoms with van der Waals surface area (Å²) in [6.07, 6.45) is 2.87. The molecule has 13 nitrogen and oxygen atoms in total. The average molecular weight is 479 g/mol. The predicted molar refractivity (Wildman–Crippen MR) is 129 cm³/mol. The maximum absolute atomic E-state index is 11.3. The molecule has 33 heavy (non-hydrogen) atoms. The molecular formula is C19H31ClN12O. The van der Waals surface area contributed by atoms with Crippen molar-refractivity contribution in [2.75, 3.05) is 41.3 Å². The topological polar surface area (TPSA) is 217 Å². The van der Waals surface area contributed by atoms with Crippen LogP contribution >= 0.6 is 12.4 Å². The molecule has 2 aromatic rings. The van der Waals surface area contributed by atoms with Crippen molar-refractivity contribution in [1.29, 1.82) is 0 Å². The van der Waals surface area contributed by atoms with Gasteiger partial charge in [-0.15, -0.1) is 12.4 Å². The Kier molecular flexibility index (Phi) is 7.81. The number of piperidine rings is 2. The smallest absolute Gasteiger partial charge is 0.250 e. The largest absolute Gasteiger partial charge is 0.366 e. The van der Waals surface area contributed by atoms with Gasteiger partial charge in [-0.1, -0.05) is 0 Å². The first-order valence-electron chi connectivity index (χ1n) is 10.6. The van der Waals surface area contributed by atoms with Gasteiger partial charge in [0.05, 0.1) is 5.56 Å². The summed E-state index contributed by atoms with van der Waals surface area (Å²) in [5.74, 6) is 1.13. The molecule has 2 aliphatic heterocycles. The first-order chi connectivity index (χ1) is 15.3. The molecule has 0 aromatic carbocycles. The zero-order valence-electron chi connectivity index (χ0n) is 18.2. The van der Waals surface area contributed by atoms with Crippen LogP contribution in [0.15, 0.2) is 18.3 Å². The number of nitrogens with zero attached hydrogens (tertiary/aromatic N) is 6. The fourth-order valence-corrected chi connectivity index (χ4v) is 4.10. The first-order valence-corrected chi connectivity index (χ1v) is 10.6. The molecule has 180 valence electrons. The van der Waals surface area contributed by atoms with Crippen molar-refractivity contribution >= 4 is 42.0 Å². The third-order valence-corrected chi connectivity index (χ3v) is 5.50. The van der Waals surface area contributed by atoms with Gasteiger partial charge < -0.3 is 43.8 Å². The number of carbonyl (C=O) groups is 1. The minimum absolute atomic E-state index is 0. The molecule has 0 unspecified atom stereocenters. The highest BCUT2D eigenvalue weighted by molar-refractivity contribution is 5.92. The molecule has 0 spiro atoms. The minimum Gasteiger partial charge on any atom is -0.366 e. The minimum atomic E-state index is -0.552. The lowest BCUT2D eigenvalue weighted by Gasteiger charge is -2.36. The van der Waals surface area contributed by atoms with Gasteiger partial charge in [-0.3, -0.25) is 4.79 Å². The molecule has 0 aliphatic carbocycles. The number of nitrogens with one attached hydrogen (secondary N) is 1. The van der Waals surface area contributed by atoms with E-state index in [0.717, 1.165) is 12.8 Å². The zero-order chi connectivity index (χ0) is 22.8. The molecule has 2 aromatic heterocycles. The Labute approximate surface area is 197 Å². The number of hydrogen-bond donors (Lipinski definition) is 6. The number of aromatic nitrogens is 4. The first kappa shape index (κ1) is 24.8. The second kappa shape index (κ2) is 10.4. The van der Waals surface area contributed by atoms with Crippen LogP contribution in [0.25, 0.3) is 0 Å². The Hall–Kier alpha value is -2.84. The van der Waals surface area contributed by atoms with Crippen LogP contribution in [0, 0.1) is 0 Å². The van der Waals surface area contributed by atoms with E-state index in [1.165, 1.54) is 6.20 Å². The van der Waals surface area contributed by atoms with Crippen LogP contribution in [-0.4, -0.2) is 76.2 Å². The molecule has 1 amide bonds. The van der Waals surface area contributed by atoms with E-state index >= 15 is 0 Å². The van der Waals surface area contributed by atoms with E-state index in [4.69, 9.17) is 28.7 Å². The summed E-state index contributed by atoms with van der Waals surface area (Å²) in [5.41, 5.74) is 30.3. The Bertz CT molecular complexity index is 896. The summed E-state index contributed by atoms with van der Waals surface area (Å²) in [6, 6.07) is 2.91. The van der Waals surface area contributed by atoms with Crippen LogP contribution in [0.5, 0.6) is 0 Å². The fourth-order valence-electron chi connectivity index (χ4n) is 4.10. The Balaban J connectivity index is 0.00000306. The number of pyridine rings is 1. The second-order valence-electron chi connectivity index (χ2n) is 8.50. The van der Waals surface area contributed by atoms with Crippen molar-refractivity contribution in [2.24, 2.45) is 28.7 Å². The number of rotatable bonds is 5. The number of amides is 1. The van der Waals surface area contributed by atoms with Crippen molar-refractivity contribution in [3.8, 4) is 0 Å². The van der Waals surface area contributed by atoms with Crippen LogP contribution in [0.2, 0.25) is 0 Å². The van der Waals surface area contributed by atoms with Crippen LogP contribution in [-0.2, 0) is 0 Å². The number of hydrogen-bond acceptors (Lipinski definition) is 12. The molecule has 0 saturated carbocycles. The van der Waals surface area contributed by atoms with Gasteiger partial charge in [-0.25, -0.2) is 4.98 Å². The summed E-state index contributed by atoms with van der Waals surface area (Å²) in [6.45, 7) is 2.34. The van der Waals surface area contributed by atoms with Crippen molar-refractivity contribution in [3.05, 3.63) is 23.9 Å². The van der Waals surface area contributed by atoms with Gasteiger partial charge in [0.2, 0.25) is 23.8 Å². The average Bonchev–Trinajstić information content (AvgIpc) is 2.72.